The van der Waals surface area contributed by atoms with Crippen LogP contribution in [0.2, 0.25) is 0 Å². The summed E-state index contributed by atoms with van der Waals surface area (Å²) in [6.45, 7) is 3.16. The Morgan fingerprint density at radius 1 is 1.28 bits per heavy atom. The van der Waals surface area contributed by atoms with E-state index in [-0.39, 0.29) is 24.1 Å². The quantitative estimate of drug-likeness (QED) is 0.850. The molecule has 1 aromatic carbocycles. The second-order valence-electron chi connectivity index (χ2n) is 5.93. The molecule has 1 aliphatic heterocycles. The number of carbonyl (C=O) groups excluding carboxylic acids is 2. The number of ether oxygens (including phenoxy) is 1. The van der Waals surface area contributed by atoms with Crippen molar-refractivity contribution < 1.29 is 27.5 Å². The fourth-order valence-electron chi connectivity index (χ4n) is 2.63. The monoisotopic (exact) mass is 358 g/mol. The molecule has 0 radical (unpaired) electrons. The van der Waals surface area contributed by atoms with Gasteiger partial charge in [0.05, 0.1) is 11.7 Å². The van der Waals surface area contributed by atoms with Gasteiger partial charge in [0.25, 0.3) is 5.91 Å². The largest absolute Gasteiger partial charge is 0.416 e. The van der Waals surface area contributed by atoms with Gasteiger partial charge in [-0.2, -0.15) is 13.2 Å². The van der Waals surface area contributed by atoms with E-state index >= 15 is 0 Å². The van der Waals surface area contributed by atoms with Crippen molar-refractivity contribution in [3.05, 3.63) is 35.4 Å². The molecule has 0 bridgehead atoms. The number of benzene rings is 1. The molecule has 1 fully saturated rings. The van der Waals surface area contributed by atoms with Crippen LogP contribution >= 0.6 is 0 Å². The van der Waals surface area contributed by atoms with Crippen LogP contribution in [-0.2, 0) is 15.7 Å². The lowest BCUT2D eigenvalue weighted by atomic mass is 10.1. The zero-order chi connectivity index (χ0) is 18.4. The van der Waals surface area contributed by atoms with Crippen molar-refractivity contribution in [1.82, 2.24) is 10.2 Å². The van der Waals surface area contributed by atoms with Gasteiger partial charge in [0.2, 0.25) is 5.91 Å². The Kier molecular flexibility index (Phi) is 6.41. The van der Waals surface area contributed by atoms with Crippen LogP contribution in [0, 0.1) is 0 Å². The van der Waals surface area contributed by atoms with E-state index in [0.717, 1.165) is 37.1 Å². The summed E-state index contributed by atoms with van der Waals surface area (Å²) < 4.78 is 43.0. The Labute approximate surface area is 144 Å². The molecule has 1 aliphatic rings. The molecule has 0 aliphatic carbocycles. The number of amides is 2. The molecule has 2 amide bonds. The van der Waals surface area contributed by atoms with Gasteiger partial charge in [0.15, 0.2) is 0 Å². The molecule has 2 rings (SSSR count). The second-order valence-corrected chi connectivity index (χ2v) is 5.93. The summed E-state index contributed by atoms with van der Waals surface area (Å²) in [7, 11) is 0. The number of nitrogens with zero attached hydrogens (tertiary/aromatic N) is 1. The molecule has 0 aromatic heterocycles. The molecule has 1 aromatic rings. The van der Waals surface area contributed by atoms with E-state index in [1.807, 2.05) is 0 Å². The number of nitrogens with one attached hydrogen (secondary N) is 1. The summed E-state index contributed by atoms with van der Waals surface area (Å²) in [5, 5.41) is 2.61. The molecule has 1 saturated heterocycles. The van der Waals surface area contributed by atoms with Crippen molar-refractivity contribution in [3.63, 3.8) is 0 Å². The summed E-state index contributed by atoms with van der Waals surface area (Å²) in [6, 6.07) is 4.00. The molecule has 1 unspecified atom stereocenters. The minimum absolute atomic E-state index is 0.0227. The Morgan fingerprint density at radius 2 is 1.96 bits per heavy atom. The third-order valence-corrected chi connectivity index (χ3v) is 4.04. The highest BCUT2D eigenvalue weighted by molar-refractivity contribution is 5.94. The molecule has 8 heteroatoms. The average Bonchev–Trinajstić information content (AvgIpc) is 3.06. The molecule has 0 saturated carbocycles. The number of halogens is 3. The first-order chi connectivity index (χ1) is 11.8. The predicted octanol–water partition coefficient (Wildman–Crippen LogP) is 2.46. The summed E-state index contributed by atoms with van der Waals surface area (Å²) in [6.07, 6.45) is -2.53. The summed E-state index contributed by atoms with van der Waals surface area (Å²) in [5.74, 6) is -0.589. The van der Waals surface area contributed by atoms with Crippen LogP contribution in [-0.4, -0.2) is 49.1 Å². The maximum atomic E-state index is 12.5. The Bertz CT molecular complexity index is 596. The third kappa shape index (κ3) is 5.74. The zero-order valence-electron chi connectivity index (χ0n) is 13.9. The van der Waals surface area contributed by atoms with Crippen LogP contribution in [0.3, 0.4) is 0 Å². The van der Waals surface area contributed by atoms with Crippen molar-refractivity contribution in [2.45, 2.75) is 32.0 Å². The molecular weight excluding hydrogens is 337 g/mol. The molecule has 1 N–H and O–H groups in total. The fourth-order valence-corrected chi connectivity index (χ4v) is 2.63. The van der Waals surface area contributed by atoms with Crippen molar-refractivity contribution in [2.75, 3.05) is 26.2 Å². The molecule has 5 nitrogen and oxygen atoms in total. The minimum Gasteiger partial charge on any atom is -0.376 e. The van der Waals surface area contributed by atoms with Gasteiger partial charge in [-0.05, 0) is 37.1 Å². The SMILES string of the molecule is CC(=O)N(CCNC(=O)c1ccc(C(F)(F)F)cc1)CC1CCCO1. The van der Waals surface area contributed by atoms with E-state index in [1.54, 1.807) is 4.90 Å². The lowest BCUT2D eigenvalue weighted by Crippen LogP contribution is -2.41. The Balaban J connectivity index is 1.82. The minimum atomic E-state index is -4.43. The maximum Gasteiger partial charge on any atom is 0.416 e. The van der Waals surface area contributed by atoms with Crippen LogP contribution in [0.5, 0.6) is 0 Å². The standard InChI is InChI=1S/C17H21F3N2O3/c1-12(23)22(11-15-3-2-10-25-15)9-8-21-16(24)13-4-6-14(7-5-13)17(18,19)20/h4-7,15H,2-3,8-11H2,1H3,(H,21,24). The van der Waals surface area contributed by atoms with Crippen molar-refractivity contribution in [2.24, 2.45) is 0 Å². The van der Waals surface area contributed by atoms with Gasteiger partial charge >= 0.3 is 6.18 Å². The summed E-state index contributed by atoms with van der Waals surface area (Å²) >= 11 is 0. The van der Waals surface area contributed by atoms with Crippen LogP contribution in [0.25, 0.3) is 0 Å². The smallest absolute Gasteiger partial charge is 0.376 e. The lowest BCUT2D eigenvalue weighted by Gasteiger charge is -2.24. The molecule has 1 heterocycles. The first-order valence-corrected chi connectivity index (χ1v) is 8.10. The summed E-state index contributed by atoms with van der Waals surface area (Å²) in [4.78, 5) is 25.2. The highest BCUT2D eigenvalue weighted by Crippen LogP contribution is 2.29. The van der Waals surface area contributed by atoms with E-state index in [9.17, 15) is 22.8 Å². The first kappa shape index (κ1) is 19.2. The number of hydrogen-bond acceptors (Lipinski definition) is 3. The van der Waals surface area contributed by atoms with Gasteiger partial charge in [-0.3, -0.25) is 9.59 Å². The molecule has 138 valence electrons. The van der Waals surface area contributed by atoms with Gasteiger partial charge < -0.3 is 15.0 Å². The lowest BCUT2D eigenvalue weighted by molar-refractivity contribution is -0.137. The van der Waals surface area contributed by atoms with E-state index in [0.29, 0.717) is 19.7 Å². The van der Waals surface area contributed by atoms with E-state index in [4.69, 9.17) is 4.74 Å². The normalized spacial score (nSPS) is 17.4. The van der Waals surface area contributed by atoms with E-state index in [2.05, 4.69) is 5.32 Å². The second kappa shape index (κ2) is 8.33. The number of rotatable bonds is 6. The molecule has 25 heavy (non-hydrogen) atoms. The molecule has 1 atom stereocenters. The third-order valence-electron chi connectivity index (χ3n) is 4.04. The first-order valence-electron chi connectivity index (χ1n) is 8.10. The average molecular weight is 358 g/mol. The zero-order valence-corrected chi connectivity index (χ0v) is 13.9. The number of alkyl halides is 3. The van der Waals surface area contributed by atoms with Crippen molar-refractivity contribution in [3.8, 4) is 0 Å². The highest BCUT2D eigenvalue weighted by Gasteiger charge is 2.30. The predicted molar refractivity (Wildman–Crippen MR) is 85.0 cm³/mol. The van der Waals surface area contributed by atoms with Crippen LogP contribution < -0.4 is 5.32 Å². The van der Waals surface area contributed by atoms with E-state index in [1.165, 1.54) is 6.92 Å². The number of hydrogen-bond donors (Lipinski definition) is 1. The maximum absolute atomic E-state index is 12.5. The van der Waals surface area contributed by atoms with Crippen LogP contribution in [0.1, 0.15) is 35.7 Å². The molecule has 0 spiro atoms. The summed E-state index contributed by atoms with van der Waals surface area (Å²) in [5.41, 5.74) is -0.662. The van der Waals surface area contributed by atoms with Crippen LogP contribution in [0.4, 0.5) is 13.2 Å². The fraction of sp³-hybridized carbons (Fsp3) is 0.529. The Morgan fingerprint density at radius 3 is 2.48 bits per heavy atom. The van der Waals surface area contributed by atoms with Gasteiger partial charge in [-0.1, -0.05) is 0 Å². The Hall–Kier alpha value is -2.09. The van der Waals surface area contributed by atoms with Gasteiger partial charge in [-0.15, -0.1) is 0 Å². The van der Waals surface area contributed by atoms with Crippen molar-refractivity contribution in [1.29, 1.82) is 0 Å². The number of carbonyl (C=O) groups is 2. The highest BCUT2D eigenvalue weighted by atomic mass is 19.4. The molecular formula is C17H21F3N2O3. The van der Waals surface area contributed by atoms with Gasteiger partial charge in [0.1, 0.15) is 0 Å². The van der Waals surface area contributed by atoms with Crippen molar-refractivity contribution >= 4 is 11.8 Å². The van der Waals surface area contributed by atoms with Gasteiger partial charge in [0, 0.05) is 38.7 Å². The van der Waals surface area contributed by atoms with Gasteiger partial charge in [-0.25, -0.2) is 0 Å². The van der Waals surface area contributed by atoms with E-state index < -0.39 is 17.6 Å². The topological polar surface area (TPSA) is 58.6 Å². The van der Waals surface area contributed by atoms with Crippen LogP contribution in [0.15, 0.2) is 24.3 Å².